The van der Waals surface area contributed by atoms with Crippen molar-refractivity contribution in [1.82, 2.24) is 9.88 Å². The number of carbonyl (C=O) groups is 1. The molecule has 5 heteroatoms. The average molecular weight is 325 g/mol. The molecule has 1 amide bonds. The molecule has 1 aromatic carbocycles. The third-order valence-corrected chi connectivity index (χ3v) is 4.65. The summed E-state index contributed by atoms with van der Waals surface area (Å²) in [4.78, 5) is 18.4. The van der Waals surface area contributed by atoms with Crippen LogP contribution in [-0.4, -0.2) is 40.1 Å². The standard InChI is InChI=1S/C19H23N3O2/c20-18-8-4-7-16(21-18)19(24)22-11-9-15(10-12-22)17(23)13-14-5-2-1-3-6-14/h1-8,15,17,23H,9-13H2,(H2,20,21). The summed E-state index contributed by atoms with van der Waals surface area (Å²) >= 11 is 0. The van der Waals surface area contributed by atoms with E-state index >= 15 is 0 Å². The minimum atomic E-state index is -0.366. The predicted molar refractivity (Wildman–Crippen MR) is 93.4 cm³/mol. The number of nitrogens with zero attached hydrogens (tertiary/aromatic N) is 2. The lowest BCUT2D eigenvalue weighted by Crippen LogP contribution is -2.42. The molecule has 1 aromatic heterocycles. The number of piperidine rings is 1. The Hall–Kier alpha value is -2.40. The van der Waals surface area contributed by atoms with E-state index in [1.165, 1.54) is 0 Å². The van der Waals surface area contributed by atoms with Crippen molar-refractivity contribution in [2.45, 2.75) is 25.4 Å². The Kier molecular flexibility index (Phi) is 5.11. The summed E-state index contributed by atoms with van der Waals surface area (Å²) in [5.41, 5.74) is 7.18. The molecule has 0 radical (unpaired) electrons. The average Bonchev–Trinajstić information content (AvgIpc) is 2.62. The van der Waals surface area contributed by atoms with Crippen molar-refractivity contribution in [3.63, 3.8) is 0 Å². The first-order valence-electron chi connectivity index (χ1n) is 8.37. The van der Waals surface area contributed by atoms with E-state index in [1.807, 2.05) is 30.3 Å². The molecular formula is C19H23N3O2. The summed E-state index contributed by atoms with van der Waals surface area (Å²) in [6.07, 6.45) is 1.91. The molecule has 5 nitrogen and oxygen atoms in total. The Bertz CT molecular complexity index is 682. The van der Waals surface area contributed by atoms with Gasteiger partial charge in [0.25, 0.3) is 5.91 Å². The monoisotopic (exact) mass is 325 g/mol. The summed E-state index contributed by atoms with van der Waals surface area (Å²) < 4.78 is 0. The number of benzene rings is 1. The lowest BCUT2D eigenvalue weighted by Gasteiger charge is -2.34. The molecule has 1 atom stereocenters. The molecule has 3 N–H and O–H groups in total. The zero-order valence-corrected chi connectivity index (χ0v) is 13.6. The van der Waals surface area contributed by atoms with Crippen LogP contribution in [0.15, 0.2) is 48.5 Å². The summed E-state index contributed by atoms with van der Waals surface area (Å²) in [5.74, 6) is 0.496. The molecule has 1 unspecified atom stereocenters. The summed E-state index contributed by atoms with van der Waals surface area (Å²) in [6, 6.07) is 15.1. The van der Waals surface area contributed by atoms with E-state index in [1.54, 1.807) is 23.1 Å². The van der Waals surface area contributed by atoms with Crippen molar-refractivity contribution in [3.8, 4) is 0 Å². The van der Waals surface area contributed by atoms with Crippen molar-refractivity contribution in [2.24, 2.45) is 5.92 Å². The van der Waals surface area contributed by atoms with Crippen LogP contribution in [0.5, 0.6) is 0 Å². The molecule has 2 aromatic rings. The molecule has 0 bridgehead atoms. The Morgan fingerprint density at radius 2 is 1.88 bits per heavy atom. The summed E-state index contributed by atoms with van der Waals surface area (Å²) in [7, 11) is 0. The van der Waals surface area contributed by atoms with Crippen molar-refractivity contribution in [3.05, 3.63) is 59.8 Å². The number of likely N-dealkylation sites (tertiary alicyclic amines) is 1. The Labute approximate surface area is 142 Å². The number of pyridine rings is 1. The lowest BCUT2D eigenvalue weighted by molar-refractivity contribution is 0.0464. The topological polar surface area (TPSA) is 79.5 Å². The highest BCUT2D eigenvalue weighted by molar-refractivity contribution is 5.92. The number of aromatic nitrogens is 1. The first-order chi connectivity index (χ1) is 11.6. The van der Waals surface area contributed by atoms with Crippen molar-refractivity contribution >= 4 is 11.7 Å². The minimum Gasteiger partial charge on any atom is -0.392 e. The number of nitrogen functional groups attached to an aromatic ring is 1. The van der Waals surface area contributed by atoms with Gasteiger partial charge in [-0.3, -0.25) is 4.79 Å². The number of aliphatic hydroxyl groups excluding tert-OH is 1. The van der Waals surface area contributed by atoms with Gasteiger partial charge in [0, 0.05) is 13.1 Å². The van der Waals surface area contributed by atoms with Crippen LogP contribution in [-0.2, 0) is 6.42 Å². The Morgan fingerprint density at radius 1 is 1.17 bits per heavy atom. The molecular weight excluding hydrogens is 302 g/mol. The second kappa shape index (κ2) is 7.45. The van der Waals surface area contributed by atoms with Gasteiger partial charge in [-0.05, 0) is 42.9 Å². The van der Waals surface area contributed by atoms with E-state index in [2.05, 4.69) is 4.98 Å². The molecule has 24 heavy (non-hydrogen) atoms. The van der Waals surface area contributed by atoms with E-state index in [0.717, 1.165) is 18.4 Å². The van der Waals surface area contributed by atoms with Crippen LogP contribution in [0.25, 0.3) is 0 Å². The van der Waals surface area contributed by atoms with Crippen LogP contribution >= 0.6 is 0 Å². The fourth-order valence-electron chi connectivity index (χ4n) is 3.24. The van der Waals surface area contributed by atoms with Gasteiger partial charge in [-0.15, -0.1) is 0 Å². The van der Waals surface area contributed by atoms with E-state index in [4.69, 9.17) is 5.73 Å². The van der Waals surface area contributed by atoms with Gasteiger partial charge in [0.15, 0.2) is 0 Å². The Balaban J connectivity index is 1.54. The van der Waals surface area contributed by atoms with E-state index in [0.29, 0.717) is 31.0 Å². The zero-order chi connectivity index (χ0) is 16.9. The van der Waals surface area contributed by atoms with Gasteiger partial charge < -0.3 is 15.7 Å². The number of aliphatic hydroxyl groups is 1. The smallest absolute Gasteiger partial charge is 0.272 e. The molecule has 1 aliphatic rings. The van der Waals surface area contributed by atoms with Gasteiger partial charge in [-0.2, -0.15) is 0 Å². The number of anilines is 1. The highest BCUT2D eigenvalue weighted by atomic mass is 16.3. The lowest BCUT2D eigenvalue weighted by atomic mass is 9.88. The summed E-state index contributed by atoms with van der Waals surface area (Å²) in [5, 5.41) is 10.5. The first kappa shape index (κ1) is 16.5. The second-order valence-corrected chi connectivity index (χ2v) is 6.33. The van der Waals surface area contributed by atoms with Gasteiger partial charge in [-0.25, -0.2) is 4.98 Å². The number of hydrogen-bond acceptors (Lipinski definition) is 4. The number of carbonyl (C=O) groups excluding carboxylic acids is 1. The predicted octanol–water partition coefficient (Wildman–Crippen LogP) is 2.12. The quantitative estimate of drug-likeness (QED) is 0.902. The third-order valence-electron chi connectivity index (χ3n) is 4.65. The number of amides is 1. The third kappa shape index (κ3) is 3.92. The van der Waals surface area contributed by atoms with Crippen molar-refractivity contribution in [2.75, 3.05) is 18.8 Å². The van der Waals surface area contributed by atoms with E-state index in [-0.39, 0.29) is 17.9 Å². The number of nitrogens with two attached hydrogens (primary N) is 1. The Morgan fingerprint density at radius 3 is 2.54 bits per heavy atom. The molecule has 0 aliphatic carbocycles. The van der Waals surface area contributed by atoms with Gasteiger partial charge in [0.1, 0.15) is 11.5 Å². The molecule has 0 spiro atoms. The second-order valence-electron chi connectivity index (χ2n) is 6.33. The van der Waals surface area contributed by atoms with Gasteiger partial charge >= 0.3 is 0 Å². The van der Waals surface area contributed by atoms with Crippen molar-refractivity contribution in [1.29, 1.82) is 0 Å². The van der Waals surface area contributed by atoms with Gasteiger partial charge in [-0.1, -0.05) is 36.4 Å². The molecule has 3 rings (SSSR count). The van der Waals surface area contributed by atoms with Crippen LogP contribution in [0, 0.1) is 5.92 Å². The minimum absolute atomic E-state index is 0.0849. The van der Waals surface area contributed by atoms with Gasteiger partial charge in [0.05, 0.1) is 6.10 Å². The van der Waals surface area contributed by atoms with Crippen LogP contribution in [0.4, 0.5) is 5.82 Å². The summed E-state index contributed by atoms with van der Waals surface area (Å²) in [6.45, 7) is 1.29. The normalized spacial score (nSPS) is 16.8. The zero-order valence-electron chi connectivity index (χ0n) is 13.6. The highest BCUT2D eigenvalue weighted by Crippen LogP contribution is 2.24. The van der Waals surface area contributed by atoms with Crippen LogP contribution in [0.3, 0.4) is 0 Å². The molecule has 0 saturated carbocycles. The molecule has 1 aliphatic heterocycles. The number of rotatable bonds is 4. The van der Waals surface area contributed by atoms with E-state index in [9.17, 15) is 9.90 Å². The SMILES string of the molecule is Nc1cccc(C(=O)N2CCC(C(O)Cc3ccccc3)CC2)n1. The maximum Gasteiger partial charge on any atom is 0.272 e. The number of hydrogen-bond donors (Lipinski definition) is 2. The van der Waals surface area contributed by atoms with Crippen LogP contribution < -0.4 is 5.73 Å². The fraction of sp³-hybridized carbons (Fsp3) is 0.368. The van der Waals surface area contributed by atoms with Crippen LogP contribution in [0.1, 0.15) is 28.9 Å². The first-order valence-corrected chi connectivity index (χ1v) is 8.37. The maximum absolute atomic E-state index is 12.5. The van der Waals surface area contributed by atoms with Crippen LogP contribution in [0.2, 0.25) is 0 Å². The van der Waals surface area contributed by atoms with Gasteiger partial charge in [0.2, 0.25) is 0 Å². The molecule has 2 heterocycles. The largest absolute Gasteiger partial charge is 0.392 e. The molecule has 126 valence electrons. The maximum atomic E-state index is 12.5. The van der Waals surface area contributed by atoms with Crippen molar-refractivity contribution < 1.29 is 9.90 Å². The van der Waals surface area contributed by atoms with E-state index < -0.39 is 0 Å². The molecule has 1 fully saturated rings. The molecule has 1 saturated heterocycles. The highest BCUT2D eigenvalue weighted by Gasteiger charge is 2.28. The fourth-order valence-corrected chi connectivity index (χ4v) is 3.24.